The normalized spacial score (nSPS) is 17.7. The molecule has 0 saturated carbocycles. The van der Waals surface area contributed by atoms with Crippen molar-refractivity contribution in [3.05, 3.63) is 83.2 Å². The number of sulfone groups is 1. The van der Waals surface area contributed by atoms with E-state index >= 15 is 0 Å². The van der Waals surface area contributed by atoms with E-state index in [1.54, 1.807) is 49.4 Å². The van der Waals surface area contributed by atoms with Crippen molar-refractivity contribution in [3.8, 4) is 11.5 Å². The van der Waals surface area contributed by atoms with Crippen LogP contribution in [0.15, 0.2) is 65.6 Å². The highest BCUT2D eigenvalue weighted by atomic mass is 32.2. The largest absolute Gasteiger partial charge is 0.586 e. The van der Waals surface area contributed by atoms with Gasteiger partial charge in [0.1, 0.15) is 11.9 Å². The highest BCUT2D eigenvalue weighted by molar-refractivity contribution is 7.91. The van der Waals surface area contributed by atoms with Gasteiger partial charge in [0.05, 0.1) is 28.2 Å². The maximum absolute atomic E-state index is 13.8. The van der Waals surface area contributed by atoms with E-state index in [2.05, 4.69) is 10.1 Å². The van der Waals surface area contributed by atoms with Gasteiger partial charge in [-0.25, -0.2) is 13.4 Å². The zero-order valence-electron chi connectivity index (χ0n) is 22.1. The summed E-state index contributed by atoms with van der Waals surface area (Å²) < 4.78 is 68.9. The first-order valence-corrected chi connectivity index (χ1v) is 14.9. The lowest BCUT2D eigenvalue weighted by Crippen LogP contribution is -2.26. The predicted octanol–water partition coefficient (Wildman–Crippen LogP) is 4.98. The van der Waals surface area contributed by atoms with Crippen molar-refractivity contribution in [1.82, 2.24) is 14.9 Å². The second-order valence-electron chi connectivity index (χ2n) is 9.90. The van der Waals surface area contributed by atoms with Crippen molar-refractivity contribution in [2.75, 3.05) is 12.4 Å². The van der Waals surface area contributed by atoms with E-state index in [0.29, 0.717) is 34.6 Å². The Hall–Kier alpha value is -4.03. The van der Waals surface area contributed by atoms with Crippen LogP contribution in [0.5, 0.6) is 11.5 Å². The molecule has 2 aliphatic heterocycles. The van der Waals surface area contributed by atoms with Crippen LogP contribution in [0.2, 0.25) is 0 Å². The van der Waals surface area contributed by atoms with Crippen LogP contribution in [0, 0.1) is 0 Å². The Morgan fingerprint density at radius 1 is 1.12 bits per heavy atom. The van der Waals surface area contributed by atoms with Crippen molar-refractivity contribution in [3.63, 3.8) is 0 Å². The van der Waals surface area contributed by atoms with Crippen LogP contribution in [0.3, 0.4) is 0 Å². The summed E-state index contributed by atoms with van der Waals surface area (Å²) in [5, 5.41) is 2.86. The molecule has 9 nitrogen and oxygen atoms in total. The molecule has 12 heteroatoms. The molecule has 1 N–H and O–H groups in total. The molecule has 6 rings (SSSR count). The quantitative estimate of drug-likeness (QED) is 0.312. The van der Waals surface area contributed by atoms with E-state index in [1.807, 2.05) is 4.57 Å². The summed E-state index contributed by atoms with van der Waals surface area (Å²) in [6.45, 7) is 2.58. The van der Waals surface area contributed by atoms with Gasteiger partial charge < -0.3 is 24.1 Å². The average Bonchev–Trinajstić information content (AvgIpc) is 3.69. The molecular formula is C29H27F2N3O6S. The molecule has 1 amide bonds. The number of nitrogens with one attached hydrogen (secondary N) is 1. The summed E-state index contributed by atoms with van der Waals surface area (Å²) in [6, 6.07) is 16.3. The summed E-state index contributed by atoms with van der Waals surface area (Å²) in [7, 11) is -3.30. The number of ether oxygens (including phenoxy) is 3. The minimum Gasteiger partial charge on any atom is -0.395 e. The highest BCUT2D eigenvalue weighted by Gasteiger charge is 2.44. The van der Waals surface area contributed by atoms with Gasteiger partial charge in [0.25, 0.3) is 5.91 Å². The van der Waals surface area contributed by atoms with Crippen molar-refractivity contribution in [1.29, 1.82) is 0 Å². The summed E-state index contributed by atoms with van der Waals surface area (Å²) in [4.78, 5) is 18.0. The lowest BCUT2D eigenvalue weighted by Gasteiger charge is -2.15. The summed E-state index contributed by atoms with van der Waals surface area (Å²) in [5.41, 5.74) is 2.92. The molecule has 1 saturated heterocycles. The molecule has 3 aromatic carbocycles. The van der Waals surface area contributed by atoms with E-state index in [4.69, 9.17) is 14.5 Å². The second-order valence-corrected chi connectivity index (χ2v) is 12.2. The lowest BCUT2D eigenvalue weighted by atomic mass is 10.1. The monoisotopic (exact) mass is 583 g/mol. The fourth-order valence-corrected chi connectivity index (χ4v) is 5.95. The van der Waals surface area contributed by atoms with Crippen molar-refractivity contribution >= 4 is 26.8 Å². The molecule has 0 radical (unpaired) electrons. The van der Waals surface area contributed by atoms with Crippen molar-refractivity contribution in [2.24, 2.45) is 0 Å². The molecule has 0 spiro atoms. The van der Waals surface area contributed by atoms with Crippen molar-refractivity contribution in [2.45, 2.75) is 50.1 Å². The number of para-hydroxylation sites is 1. The van der Waals surface area contributed by atoms with Gasteiger partial charge in [-0.05, 0) is 54.8 Å². The average molecular weight is 584 g/mol. The molecule has 0 bridgehead atoms. The van der Waals surface area contributed by atoms with Gasteiger partial charge in [-0.1, -0.05) is 31.2 Å². The molecule has 4 aromatic rings. The van der Waals surface area contributed by atoms with Gasteiger partial charge in [0.15, 0.2) is 21.3 Å². The van der Waals surface area contributed by atoms with E-state index in [0.717, 1.165) is 18.4 Å². The SMILES string of the molecule is CCS(=O)(=O)c1ccc(CNC(=O)c2ccc3c(c2)nc([C@@H]2CCCO2)n3Cc2cccc3c2OC(F)(F)O3)cc1. The maximum atomic E-state index is 13.8. The number of nitrogens with zero attached hydrogens (tertiary/aromatic N) is 2. The van der Waals surface area contributed by atoms with Gasteiger partial charge in [0.2, 0.25) is 0 Å². The van der Waals surface area contributed by atoms with Crippen LogP contribution in [-0.4, -0.2) is 42.5 Å². The molecule has 41 heavy (non-hydrogen) atoms. The van der Waals surface area contributed by atoms with Crippen LogP contribution >= 0.6 is 0 Å². The molecular weight excluding hydrogens is 556 g/mol. The van der Waals surface area contributed by atoms with Crippen LogP contribution in [0.1, 0.15) is 53.2 Å². The molecule has 0 unspecified atom stereocenters. The molecule has 214 valence electrons. The van der Waals surface area contributed by atoms with Crippen molar-refractivity contribution < 1.29 is 36.2 Å². The topological polar surface area (TPSA) is 109 Å². The summed E-state index contributed by atoms with van der Waals surface area (Å²) in [6.07, 6.45) is -2.37. The number of rotatable bonds is 8. The Morgan fingerprint density at radius 2 is 1.93 bits per heavy atom. The smallest absolute Gasteiger partial charge is 0.395 e. The fourth-order valence-electron chi connectivity index (χ4n) is 5.07. The van der Waals surface area contributed by atoms with Gasteiger partial charge in [-0.2, -0.15) is 0 Å². The Labute approximate surface area is 235 Å². The predicted molar refractivity (Wildman–Crippen MR) is 145 cm³/mol. The number of carbonyl (C=O) groups is 1. The molecule has 0 aliphatic carbocycles. The highest BCUT2D eigenvalue weighted by Crippen LogP contribution is 2.44. The third-order valence-electron chi connectivity index (χ3n) is 7.21. The Morgan fingerprint density at radius 3 is 2.66 bits per heavy atom. The third-order valence-corrected chi connectivity index (χ3v) is 8.96. The Kier molecular flexibility index (Phi) is 6.90. The Bertz CT molecular complexity index is 1730. The number of imidazole rings is 1. The minimum absolute atomic E-state index is 0.0155. The van der Waals surface area contributed by atoms with E-state index in [-0.39, 0.29) is 47.2 Å². The van der Waals surface area contributed by atoms with Crippen LogP contribution in [0.4, 0.5) is 8.78 Å². The molecule has 1 fully saturated rings. The third kappa shape index (κ3) is 5.36. The van der Waals surface area contributed by atoms with Gasteiger partial charge >= 0.3 is 6.29 Å². The zero-order valence-corrected chi connectivity index (χ0v) is 22.9. The number of carbonyl (C=O) groups excluding carboxylic acids is 1. The molecule has 2 aliphatic rings. The van der Waals surface area contributed by atoms with Gasteiger partial charge in [-0.3, -0.25) is 4.79 Å². The lowest BCUT2D eigenvalue weighted by molar-refractivity contribution is -0.286. The first kappa shape index (κ1) is 27.2. The number of hydrogen-bond acceptors (Lipinski definition) is 7. The van der Waals surface area contributed by atoms with Crippen LogP contribution in [0.25, 0.3) is 11.0 Å². The van der Waals surface area contributed by atoms with Gasteiger partial charge in [0, 0.05) is 24.3 Å². The number of aromatic nitrogens is 2. The standard InChI is InChI=1S/C29H27F2N3O6S/c1-2-41(36,37)21-11-8-18(9-12-21)16-32-28(35)19-10-13-23-22(15-19)33-27(25-7-4-14-38-25)34(23)17-20-5-3-6-24-26(20)40-29(30,31)39-24/h3,5-6,8-13,15,25H,2,4,7,14,16-17H2,1H3,(H,32,35)/t25-/m0/s1. The van der Waals surface area contributed by atoms with Crippen LogP contribution in [-0.2, 0) is 27.7 Å². The van der Waals surface area contributed by atoms with E-state index < -0.39 is 16.1 Å². The maximum Gasteiger partial charge on any atom is 0.586 e. The first-order chi connectivity index (χ1) is 19.6. The minimum atomic E-state index is -3.73. The molecule has 3 heterocycles. The number of benzene rings is 3. The number of hydrogen-bond donors (Lipinski definition) is 1. The zero-order chi connectivity index (χ0) is 28.8. The fraction of sp³-hybridized carbons (Fsp3) is 0.310. The molecule has 1 aromatic heterocycles. The van der Waals surface area contributed by atoms with Crippen LogP contribution < -0.4 is 14.8 Å². The number of alkyl halides is 2. The van der Waals surface area contributed by atoms with Gasteiger partial charge in [-0.15, -0.1) is 8.78 Å². The number of fused-ring (bicyclic) bond motifs is 2. The number of amides is 1. The molecule has 1 atom stereocenters. The first-order valence-electron chi connectivity index (χ1n) is 13.2. The van der Waals surface area contributed by atoms with E-state index in [9.17, 15) is 22.0 Å². The Balaban J connectivity index is 1.26. The summed E-state index contributed by atoms with van der Waals surface area (Å²) >= 11 is 0. The second kappa shape index (κ2) is 10.4. The van der Waals surface area contributed by atoms with E-state index in [1.165, 1.54) is 18.2 Å². The summed E-state index contributed by atoms with van der Waals surface area (Å²) in [5.74, 6) is 0.284. The number of halogens is 2.